The first kappa shape index (κ1) is 23.7. The van der Waals surface area contributed by atoms with Crippen molar-refractivity contribution < 1.29 is 19.1 Å². The Kier molecular flexibility index (Phi) is 9.05. The first-order chi connectivity index (χ1) is 15.5. The van der Waals surface area contributed by atoms with Crippen LogP contribution in [0.2, 0.25) is 0 Å². The van der Waals surface area contributed by atoms with E-state index >= 15 is 0 Å². The highest BCUT2D eigenvalue weighted by Crippen LogP contribution is 2.25. The first-order valence-corrected chi connectivity index (χ1v) is 9.83. The number of para-hydroxylation sites is 2. The van der Waals surface area contributed by atoms with Crippen molar-refractivity contribution in [3.8, 4) is 12.1 Å². The highest BCUT2D eigenvalue weighted by Gasteiger charge is 2.26. The fourth-order valence-corrected chi connectivity index (χ4v) is 2.65. The number of hydrogen-bond donors (Lipinski definition) is 2. The summed E-state index contributed by atoms with van der Waals surface area (Å²) in [5, 5.41) is 25.5. The van der Waals surface area contributed by atoms with E-state index in [2.05, 4.69) is 10.6 Å². The molecule has 0 unspecified atom stereocenters. The van der Waals surface area contributed by atoms with Crippen LogP contribution in [0.4, 0.5) is 11.4 Å². The monoisotopic (exact) mass is 430 g/mol. The molecule has 0 amide bonds. The van der Waals surface area contributed by atoms with Gasteiger partial charge in [0.1, 0.15) is 12.1 Å². The van der Waals surface area contributed by atoms with Crippen LogP contribution in [-0.4, -0.2) is 25.2 Å². The third-order valence-corrected chi connectivity index (χ3v) is 4.02. The molecule has 0 fully saturated rings. The lowest BCUT2D eigenvalue weighted by molar-refractivity contribution is -0.139. The van der Waals surface area contributed by atoms with Gasteiger partial charge in [0.05, 0.1) is 24.6 Å². The molecule has 0 atom stereocenters. The topological polar surface area (TPSA) is 124 Å². The lowest BCUT2D eigenvalue weighted by Gasteiger charge is -2.19. The van der Waals surface area contributed by atoms with Crippen molar-refractivity contribution in [2.75, 3.05) is 23.8 Å². The van der Waals surface area contributed by atoms with Crippen molar-refractivity contribution in [2.24, 2.45) is 0 Å². The van der Waals surface area contributed by atoms with Gasteiger partial charge in [-0.2, -0.15) is 10.5 Å². The highest BCUT2D eigenvalue weighted by molar-refractivity contribution is 5.99. The molecule has 0 spiro atoms. The molecule has 2 rings (SSSR count). The van der Waals surface area contributed by atoms with Gasteiger partial charge in [-0.3, -0.25) is 0 Å². The van der Waals surface area contributed by atoms with E-state index in [4.69, 9.17) is 9.47 Å². The van der Waals surface area contributed by atoms with Crippen molar-refractivity contribution >= 4 is 23.3 Å². The van der Waals surface area contributed by atoms with Crippen LogP contribution in [-0.2, 0) is 19.1 Å². The second kappa shape index (κ2) is 12.2. The lowest BCUT2D eigenvalue weighted by Crippen LogP contribution is -2.22. The Hall–Kier alpha value is -4.56. The number of carbonyl (C=O) groups excluding carboxylic acids is 2. The van der Waals surface area contributed by atoms with Crippen molar-refractivity contribution in [3.63, 3.8) is 0 Å². The molecule has 2 aromatic carbocycles. The highest BCUT2D eigenvalue weighted by atomic mass is 16.5. The maximum absolute atomic E-state index is 12.6. The Morgan fingerprint density at radius 3 is 1.34 bits per heavy atom. The Morgan fingerprint density at radius 2 is 1.06 bits per heavy atom. The van der Waals surface area contributed by atoms with Gasteiger partial charge in [-0.25, -0.2) is 9.59 Å². The van der Waals surface area contributed by atoms with Crippen LogP contribution in [0.1, 0.15) is 13.8 Å². The molecule has 0 aliphatic carbocycles. The van der Waals surface area contributed by atoms with Gasteiger partial charge >= 0.3 is 11.9 Å². The number of carbonyl (C=O) groups is 2. The second-order valence-electron chi connectivity index (χ2n) is 6.15. The van der Waals surface area contributed by atoms with Gasteiger partial charge in [-0.1, -0.05) is 36.4 Å². The van der Waals surface area contributed by atoms with E-state index < -0.39 is 23.1 Å². The molecule has 2 aromatic rings. The number of esters is 2. The van der Waals surface area contributed by atoms with E-state index in [0.717, 1.165) is 0 Å². The van der Waals surface area contributed by atoms with Crippen LogP contribution in [0.25, 0.3) is 0 Å². The zero-order valence-electron chi connectivity index (χ0n) is 17.7. The van der Waals surface area contributed by atoms with Gasteiger partial charge in [0, 0.05) is 11.4 Å². The summed E-state index contributed by atoms with van der Waals surface area (Å²) >= 11 is 0. The number of benzene rings is 2. The van der Waals surface area contributed by atoms with Crippen LogP contribution in [0.3, 0.4) is 0 Å². The molecule has 2 N–H and O–H groups in total. The van der Waals surface area contributed by atoms with Crippen molar-refractivity contribution in [1.29, 1.82) is 10.5 Å². The summed E-state index contributed by atoms with van der Waals surface area (Å²) in [5.41, 5.74) is 0.0368. The molecule has 0 saturated heterocycles. The van der Waals surface area contributed by atoms with E-state index in [-0.39, 0.29) is 24.6 Å². The van der Waals surface area contributed by atoms with Crippen molar-refractivity contribution in [1.82, 2.24) is 0 Å². The van der Waals surface area contributed by atoms with Crippen LogP contribution >= 0.6 is 0 Å². The van der Waals surface area contributed by atoms with Crippen LogP contribution in [0.15, 0.2) is 83.2 Å². The van der Waals surface area contributed by atoms with Gasteiger partial charge in [0.25, 0.3) is 0 Å². The molecule has 162 valence electrons. The van der Waals surface area contributed by atoms with Crippen LogP contribution in [0.5, 0.6) is 0 Å². The molecule has 0 bridgehead atoms. The predicted molar refractivity (Wildman–Crippen MR) is 119 cm³/mol. The molecular weight excluding hydrogens is 408 g/mol. The summed E-state index contributed by atoms with van der Waals surface area (Å²) in [6, 6.07) is 21.1. The smallest absolute Gasteiger partial charge is 0.351 e. The number of hydrogen-bond acceptors (Lipinski definition) is 8. The summed E-state index contributed by atoms with van der Waals surface area (Å²) in [5.74, 6) is -1.80. The molecular formula is C24H22N4O4. The van der Waals surface area contributed by atoms with Gasteiger partial charge < -0.3 is 20.1 Å². The first-order valence-electron chi connectivity index (χ1n) is 9.83. The standard InChI is InChI=1S/C24H22N4O4/c1-3-31-23(29)19(15-25)21(27-17-11-7-5-8-12-17)22(20(16-26)24(30)32-4-2)28-18-13-9-6-10-14-18/h5-14,27-28H,3-4H2,1-2H3/b21-19+,22-20+. The van der Waals surface area contributed by atoms with Crippen molar-refractivity contribution in [3.05, 3.63) is 83.2 Å². The maximum atomic E-state index is 12.6. The minimum atomic E-state index is -0.901. The molecule has 0 aromatic heterocycles. The molecule has 0 aliphatic heterocycles. The fraction of sp³-hybridized carbons (Fsp3) is 0.167. The quantitative estimate of drug-likeness (QED) is 0.266. The van der Waals surface area contributed by atoms with Crippen LogP contribution < -0.4 is 10.6 Å². The fourth-order valence-electron chi connectivity index (χ4n) is 2.65. The minimum Gasteiger partial charge on any atom is -0.462 e. The molecule has 32 heavy (non-hydrogen) atoms. The molecule has 0 radical (unpaired) electrons. The average Bonchev–Trinajstić information content (AvgIpc) is 2.80. The van der Waals surface area contributed by atoms with Gasteiger partial charge in [-0.15, -0.1) is 0 Å². The molecule has 8 heteroatoms. The SMILES string of the molecule is CCOC(=O)/C(C#N)=C(Nc1ccccc1)\C(Nc1ccccc1)=C(\C#N)C(=O)OCC. The molecule has 0 aliphatic rings. The summed E-state index contributed by atoms with van der Waals surface area (Å²) < 4.78 is 10.1. The van der Waals surface area contributed by atoms with E-state index in [1.54, 1.807) is 74.5 Å². The number of anilines is 2. The number of nitriles is 2. The average molecular weight is 430 g/mol. The summed E-state index contributed by atoms with van der Waals surface area (Å²) in [7, 11) is 0. The van der Waals surface area contributed by atoms with Gasteiger partial charge in [-0.05, 0) is 38.1 Å². The van der Waals surface area contributed by atoms with E-state index in [0.29, 0.717) is 11.4 Å². The Bertz CT molecular complexity index is 1000. The zero-order chi connectivity index (χ0) is 23.3. The minimum absolute atomic E-state index is 0.0385. The Labute approximate surface area is 186 Å². The number of ether oxygens (including phenoxy) is 2. The van der Waals surface area contributed by atoms with E-state index in [9.17, 15) is 20.1 Å². The second-order valence-corrected chi connectivity index (χ2v) is 6.15. The number of nitrogens with zero attached hydrogens (tertiary/aromatic N) is 2. The summed E-state index contributed by atoms with van der Waals surface area (Å²) in [6.45, 7) is 3.29. The molecule has 8 nitrogen and oxygen atoms in total. The van der Waals surface area contributed by atoms with Crippen molar-refractivity contribution in [2.45, 2.75) is 13.8 Å². The number of nitrogens with one attached hydrogen (secondary N) is 2. The third kappa shape index (κ3) is 6.22. The maximum Gasteiger partial charge on any atom is 0.351 e. The Morgan fingerprint density at radius 1 is 0.719 bits per heavy atom. The van der Waals surface area contributed by atoms with Crippen LogP contribution in [0, 0.1) is 22.7 Å². The molecule has 0 heterocycles. The van der Waals surface area contributed by atoms with Gasteiger partial charge in [0.15, 0.2) is 11.1 Å². The molecule has 0 saturated carbocycles. The van der Waals surface area contributed by atoms with Gasteiger partial charge in [0.2, 0.25) is 0 Å². The summed E-state index contributed by atoms with van der Waals surface area (Å²) in [6.07, 6.45) is 0. The number of rotatable bonds is 9. The third-order valence-electron chi connectivity index (χ3n) is 4.02. The predicted octanol–water partition coefficient (Wildman–Crippen LogP) is 3.89. The summed E-state index contributed by atoms with van der Waals surface area (Å²) in [4.78, 5) is 25.2. The lowest BCUT2D eigenvalue weighted by atomic mass is 10.1. The van der Waals surface area contributed by atoms with E-state index in [1.165, 1.54) is 0 Å². The Balaban J connectivity index is 2.80. The zero-order valence-corrected chi connectivity index (χ0v) is 17.7. The largest absolute Gasteiger partial charge is 0.462 e. The normalized spacial score (nSPS) is 11.6. The van der Waals surface area contributed by atoms with E-state index in [1.807, 2.05) is 12.1 Å².